The quantitative estimate of drug-likeness (QED) is 0.474. The Balaban J connectivity index is 1.51. The van der Waals surface area contributed by atoms with E-state index < -0.39 is 0 Å². The fourth-order valence-electron chi connectivity index (χ4n) is 3.53. The molecule has 1 N–H and O–H groups in total. The van der Waals surface area contributed by atoms with Crippen LogP contribution in [0.2, 0.25) is 0 Å². The highest BCUT2D eigenvalue weighted by molar-refractivity contribution is 8.00. The van der Waals surface area contributed by atoms with Crippen LogP contribution in [0.25, 0.3) is 10.2 Å². The van der Waals surface area contributed by atoms with Crippen LogP contribution in [0.3, 0.4) is 0 Å². The molecule has 0 saturated carbocycles. The molecule has 7 nitrogen and oxygen atoms in total. The highest BCUT2D eigenvalue weighted by Gasteiger charge is 2.24. The number of hydrogen-bond acceptors (Lipinski definition) is 7. The second-order valence-corrected chi connectivity index (χ2v) is 8.81. The molecule has 4 heterocycles. The van der Waals surface area contributed by atoms with Crippen LogP contribution in [0.4, 0.5) is 5.82 Å². The number of aromatic nitrogens is 3. The Hall–Kier alpha value is -2.41. The van der Waals surface area contributed by atoms with Crippen LogP contribution in [0.5, 0.6) is 0 Å². The monoisotopic (exact) mass is 427 g/mol. The largest absolute Gasteiger partial charge is 0.376 e. The summed E-state index contributed by atoms with van der Waals surface area (Å²) in [5.74, 6) is 0.599. The molecule has 4 rings (SSSR count). The Morgan fingerprint density at radius 1 is 1.48 bits per heavy atom. The van der Waals surface area contributed by atoms with E-state index in [1.807, 2.05) is 29.9 Å². The fraction of sp³-hybridized carbons (Fsp3) is 0.400. The van der Waals surface area contributed by atoms with Crippen molar-refractivity contribution in [2.24, 2.45) is 0 Å². The molecule has 3 aromatic heterocycles. The molecule has 1 amide bonds. The third-order valence-corrected chi connectivity index (χ3v) is 7.00. The number of nitrogens with zero attached hydrogens (tertiary/aromatic N) is 4. The maximum Gasteiger partial charge on any atom is 0.235 e. The molecule has 1 atom stereocenters. The highest BCUT2D eigenvalue weighted by Crippen LogP contribution is 2.30. The van der Waals surface area contributed by atoms with Crippen molar-refractivity contribution in [3.05, 3.63) is 34.6 Å². The molecule has 150 valence electrons. The minimum atomic E-state index is -0.167. The van der Waals surface area contributed by atoms with E-state index in [2.05, 4.69) is 21.4 Å². The lowest BCUT2D eigenvalue weighted by atomic mass is 10.2. The summed E-state index contributed by atoms with van der Waals surface area (Å²) in [6, 6.07) is 4.21. The van der Waals surface area contributed by atoms with Gasteiger partial charge in [-0.05, 0) is 43.7 Å². The van der Waals surface area contributed by atoms with Crippen LogP contribution in [-0.2, 0) is 16.1 Å². The Labute approximate surface area is 177 Å². The lowest BCUT2D eigenvalue weighted by Gasteiger charge is -2.16. The molecule has 0 unspecified atom stereocenters. The molecule has 0 bridgehead atoms. The molecule has 3 aromatic rings. The Kier molecular flexibility index (Phi) is 5.85. The number of amides is 1. The van der Waals surface area contributed by atoms with Gasteiger partial charge in [-0.25, -0.2) is 9.97 Å². The minimum absolute atomic E-state index is 0.116. The third-order valence-electron chi connectivity index (χ3n) is 5.17. The molecular weight excluding hydrogens is 406 g/mol. The first kappa shape index (κ1) is 19.9. The Bertz CT molecular complexity index is 1090. The van der Waals surface area contributed by atoms with E-state index in [4.69, 9.17) is 4.74 Å². The molecule has 1 fully saturated rings. The zero-order valence-electron chi connectivity index (χ0n) is 16.3. The SMILES string of the molecule is Cc1c(C#N)c(NC(=O)CSc2ncnc3sccc23)n(C[C@@H]2CCCO2)c1C. The molecule has 1 saturated heterocycles. The molecule has 0 aliphatic carbocycles. The van der Waals surface area contributed by atoms with Gasteiger partial charge in [0.05, 0.1) is 24.0 Å². The molecule has 0 radical (unpaired) electrons. The fourth-order valence-corrected chi connectivity index (χ4v) is 5.11. The summed E-state index contributed by atoms with van der Waals surface area (Å²) in [5.41, 5.74) is 2.39. The molecular formula is C20H21N5O2S2. The van der Waals surface area contributed by atoms with Crippen molar-refractivity contribution in [1.29, 1.82) is 5.26 Å². The van der Waals surface area contributed by atoms with E-state index in [-0.39, 0.29) is 17.8 Å². The first-order valence-electron chi connectivity index (χ1n) is 9.40. The van der Waals surface area contributed by atoms with Crippen LogP contribution in [0, 0.1) is 25.2 Å². The lowest BCUT2D eigenvalue weighted by Crippen LogP contribution is -2.22. The maximum absolute atomic E-state index is 12.7. The summed E-state index contributed by atoms with van der Waals surface area (Å²) in [6.45, 7) is 5.30. The van der Waals surface area contributed by atoms with Crippen LogP contribution in [-0.4, -0.2) is 38.9 Å². The van der Waals surface area contributed by atoms with E-state index in [0.29, 0.717) is 17.9 Å². The number of fused-ring (bicyclic) bond motifs is 1. The maximum atomic E-state index is 12.7. The molecule has 29 heavy (non-hydrogen) atoms. The summed E-state index contributed by atoms with van der Waals surface area (Å²) in [5, 5.41) is 16.3. The summed E-state index contributed by atoms with van der Waals surface area (Å²) in [7, 11) is 0. The first-order chi connectivity index (χ1) is 14.1. The van der Waals surface area contributed by atoms with E-state index >= 15 is 0 Å². The van der Waals surface area contributed by atoms with Gasteiger partial charge in [0.15, 0.2) is 0 Å². The van der Waals surface area contributed by atoms with E-state index in [1.165, 1.54) is 18.1 Å². The minimum Gasteiger partial charge on any atom is -0.376 e. The average molecular weight is 428 g/mol. The highest BCUT2D eigenvalue weighted by atomic mass is 32.2. The normalized spacial score (nSPS) is 16.2. The van der Waals surface area contributed by atoms with Gasteiger partial charge in [0, 0.05) is 17.7 Å². The number of carbonyl (C=O) groups is 1. The van der Waals surface area contributed by atoms with Crippen molar-refractivity contribution in [2.45, 2.75) is 44.4 Å². The van der Waals surface area contributed by atoms with E-state index in [1.54, 1.807) is 11.3 Å². The molecule has 1 aliphatic rings. The number of rotatable bonds is 6. The number of carbonyl (C=O) groups excluding carboxylic acids is 1. The molecule has 0 aromatic carbocycles. The van der Waals surface area contributed by atoms with E-state index in [0.717, 1.165) is 45.9 Å². The first-order valence-corrected chi connectivity index (χ1v) is 11.3. The predicted octanol–water partition coefficient (Wildman–Crippen LogP) is 3.89. The van der Waals surface area contributed by atoms with Crippen molar-refractivity contribution in [3.63, 3.8) is 0 Å². The topological polar surface area (TPSA) is 92.8 Å². The van der Waals surface area contributed by atoms with Crippen LogP contribution in [0.15, 0.2) is 22.8 Å². The number of ether oxygens (including phenoxy) is 1. The van der Waals surface area contributed by atoms with Gasteiger partial charge in [-0.2, -0.15) is 5.26 Å². The van der Waals surface area contributed by atoms with Crippen LogP contribution >= 0.6 is 23.1 Å². The van der Waals surface area contributed by atoms with Gasteiger partial charge in [-0.3, -0.25) is 4.79 Å². The van der Waals surface area contributed by atoms with Crippen molar-refractivity contribution in [2.75, 3.05) is 17.7 Å². The number of hydrogen-bond donors (Lipinski definition) is 1. The van der Waals surface area contributed by atoms with Crippen LogP contribution < -0.4 is 5.32 Å². The smallest absolute Gasteiger partial charge is 0.235 e. The number of thiophene rings is 1. The lowest BCUT2D eigenvalue weighted by molar-refractivity contribution is -0.113. The number of nitrogens with one attached hydrogen (secondary N) is 1. The van der Waals surface area contributed by atoms with Gasteiger partial charge in [0.1, 0.15) is 28.1 Å². The Morgan fingerprint density at radius 2 is 2.34 bits per heavy atom. The number of thioether (sulfide) groups is 1. The molecule has 1 aliphatic heterocycles. The second kappa shape index (κ2) is 8.53. The van der Waals surface area contributed by atoms with Crippen molar-refractivity contribution < 1.29 is 9.53 Å². The van der Waals surface area contributed by atoms with E-state index in [9.17, 15) is 10.1 Å². The van der Waals surface area contributed by atoms with Gasteiger partial charge >= 0.3 is 0 Å². The third kappa shape index (κ3) is 4.01. The average Bonchev–Trinajstić information content (AvgIpc) is 3.44. The number of anilines is 1. The summed E-state index contributed by atoms with van der Waals surface area (Å²) in [4.78, 5) is 22.2. The molecule has 0 spiro atoms. The zero-order chi connectivity index (χ0) is 20.4. The van der Waals surface area contributed by atoms with Gasteiger partial charge in [-0.15, -0.1) is 11.3 Å². The number of nitriles is 1. The summed E-state index contributed by atoms with van der Waals surface area (Å²) < 4.78 is 7.77. The standard InChI is InChI=1S/C20H21N5O2S2/c1-12-13(2)25(9-14-4-3-6-27-14)18(16(12)8-21)24-17(26)10-29-20-15-5-7-28-19(15)22-11-23-20/h5,7,11,14H,3-4,6,9-10H2,1-2H3,(H,24,26)/t14-/m0/s1. The van der Waals surface area contributed by atoms with Gasteiger partial charge in [0.2, 0.25) is 5.91 Å². The zero-order valence-corrected chi connectivity index (χ0v) is 17.9. The molecule has 9 heteroatoms. The van der Waals surface area contributed by atoms with Gasteiger partial charge < -0.3 is 14.6 Å². The predicted molar refractivity (Wildman–Crippen MR) is 114 cm³/mol. The van der Waals surface area contributed by atoms with Crippen LogP contribution in [0.1, 0.15) is 29.7 Å². The Morgan fingerprint density at radius 3 is 3.10 bits per heavy atom. The summed E-state index contributed by atoms with van der Waals surface area (Å²) in [6.07, 6.45) is 3.67. The van der Waals surface area contributed by atoms with Gasteiger partial charge in [0.25, 0.3) is 0 Å². The van der Waals surface area contributed by atoms with Crippen molar-refractivity contribution in [3.8, 4) is 6.07 Å². The second-order valence-electron chi connectivity index (χ2n) is 6.95. The van der Waals surface area contributed by atoms with Crippen molar-refractivity contribution in [1.82, 2.24) is 14.5 Å². The van der Waals surface area contributed by atoms with Crippen molar-refractivity contribution >= 4 is 45.0 Å². The van der Waals surface area contributed by atoms with Gasteiger partial charge in [-0.1, -0.05) is 11.8 Å². The summed E-state index contributed by atoms with van der Waals surface area (Å²) >= 11 is 2.92.